The van der Waals surface area contributed by atoms with Gasteiger partial charge >= 0.3 is 6.03 Å². The number of ether oxygens (including phenoxy) is 1. The molecule has 4 heterocycles. The van der Waals surface area contributed by atoms with Crippen LogP contribution in [0.4, 0.5) is 16.2 Å². The fourth-order valence-corrected chi connectivity index (χ4v) is 4.78. The minimum absolute atomic E-state index is 0.430. The molecular weight excluding hydrogens is 404 g/mol. The van der Waals surface area contributed by atoms with Gasteiger partial charge < -0.3 is 20.4 Å². The quantitative estimate of drug-likeness (QED) is 0.558. The molecule has 0 atom stereocenters. The molecule has 0 unspecified atom stereocenters. The number of rotatable bonds is 7. The third-order valence-electron chi connectivity index (χ3n) is 6.50. The molecule has 2 amide bonds. The van der Waals surface area contributed by atoms with Gasteiger partial charge in [-0.1, -0.05) is 12.1 Å². The van der Waals surface area contributed by atoms with Gasteiger partial charge in [0.1, 0.15) is 11.4 Å². The standard InChI is InChI=1S/C24H30N6O2/c25-24(31)30(21-17-27-23-19(21)6-4-9-26-23)11-2-1-10-28-12-14-29(15-13-28)20-7-3-5-18-8-16-32-22(18)20/h3-7,9,17H,1-2,8,10-16H2,(H2,25,31)(H,26,27). The summed E-state index contributed by atoms with van der Waals surface area (Å²) < 4.78 is 5.88. The number of carbonyl (C=O) groups is 1. The topological polar surface area (TPSA) is 90.7 Å². The van der Waals surface area contributed by atoms with Crippen LogP contribution in [0.25, 0.3) is 11.0 Å². The number of hydrogen-bond acceptors (Lipinski definition) is 5. The Balaban J connectivity index is 1.11. The molecule has 2 aliphatic heterocycles. The number of para-hydroxylation sites is 1. The first-order valence-corrected chi connectivity index (χ1v) is 11.4. The number of nitrogens with zero attached hydrogens (tertiary/aromatic N) is 4. The monoisotopic (exact) mass is 434 g/mol. The minimum atomic E-state index is -0.430. The molecule has 32 heavy (non-hydrogen) atoms. The molecule has 3 N–H and O–H groups in total. The van der Waals surface area contributed by atoms with E-state index in [1.165, 1.54) is 11.3 Å². The first kappa shape index (κ1) is 20.6. The second kappa shape index (κ2) is 9.08. The van der Waals surface area contributed by atoms with Crippen molar-refractivity contribution in [3.63, 3.8) is 0 Å². The van der Waals surface area contributed by atoms with Gasteiger partial charge in [-0.25, -0.2) is 9.78 Å². The average Bonchev–Trinajstić information content (AvgIpc) is 3.46. The van der Waals surface area contributed by atoms with Crippen molar-refractivity contribution in [2.75, 3.05) is 55.7 Å². The summed E-state index contributed by atoms with van der Waals surface area (Å²) in [6.07, 6.45) is 6.48. The van der Waals surface area contributed by atoms with E-state index in [-0.39, 0.29) is 0 Å². The number of amides is 2. The first-order valence-electron chi connectivity index (χ1n) is 11.4. The number of aromatic nitrogens is 2. The van der Waals surface area contributed by atoms with Gasteiger partial charge in [-0.05, 0) is 43.1 Å². The second-order valence-corrected chi connectivity index (χ2v) is 8.46. The molecule has 5 rings (SSSR count). The summed E-state index contributed by atoms with van der Waals surface area (Å²) in [6.45, 7) is 6.52. The van der Waals surface area contributed by atoms with Crippen LogP contribution in [0.1, 0.15) is 18.4 Å². The highest BCUT2D eigenvalue weighted by Crippen LogP contribution is 2.36. The summed E-state index contributed by atoms with van der Waals surface area (Å²) in [5, 5.41) is 0.916. The summed E-state index contributed by atoms with van der Waals surface area (Å²) in [7, 11) is 0. The summed E-state index contributed by atoms with van der Waals surface area (Å²) in [4.78, 5) is 26.1. The van der Waals surface area contributed by atoms with Crippen LogP contribution in [0, 0.1) is 0 Å². The number of fused-ring (bicyclic) bond motifs is 2. The van der Waals surface area contributed by atoms with Gasteiger partial charge in [-0.15, -0.1) is 0 Å². The third kappa shape index (κ3) is 4.10. The van der Waals surface area contributed by atoms with Crippen LogP contribution < -0.4 is 20.3 Å². The summed E-state index contributed by atoms with van der Waals surface area (Å²) in [5.41, 5.74) is 9.81. The number of primary amides is 1. The number of anilines is 2. The van der Waals surface area contributed by atoms with Gasteiger partial charge in [-0.3, -0.25) is 9.80 Å². The highest BCUT2D eigenvalue weighted by Gasteiger charge is 2.23. The molecule has 1 aromatic carbocycles. The summed E-state index contributed by atoms with van der Waals surface area (Å²) in [5.74, 6) is 1.08. The molecule has 2 aliphatic rings. The maximum atomic E-state index is 12.1. The normalized spacial score (nSPS) is 16.2. The highest BCUT2D eigenvalue weighted by molar-refractivity contribution is 6.01. The second-order valence-electron chi connectivity index (χ2n) is 8.46. The fraction of sp³-hybridized carbons (Fsp3) is 0.417. The van der Waals surface area contributed by atoms with Crippen molar-refractivity contribution in [1.82, 2.24) is 14.9 Å². The predicted molar refractivity (Wildman–Crippen MR) is 127 cm³/mol. The smallest absolute Gasteiger partial charge is 0.319 e. The summed E-state index contributed by atoms with van der Waals surface area (Å²) >= 11 is 0. The van der Waals surface area contributed by atoms with Crippen LogP contribution in [-0.2, 0) is 6.42 Å². The lowest BCUT2D eigenvalue weighted by atomic mass is 10.1. The molecule has 3 aromatic rings. The molecule has 0 saturated carbocycles. The fourth-order valence-electron chi connectivity index (χ4n) is 4.78. The van der Waals surface area contributed by atoms with Crippen LogP contribution in [0.2, 0.25) is 0 Å². The molecule has 168 valence electrons. The van der Waals surface area contributed by atoms with Crippen LogP contribution in [0.15, 0.2) is 42.7 Å². The molecule has 1 fully saturated rings. The van der Waals surface area contributed by atoms with E-state index >= 15 is 0 Å². The largest absolute Gasteiger partial charge is 0.491 e. The average molecular weight is 435 g/mol. The molecule has 0 spiro atoms. The number of piperazine rings is 1. The van der Waals surface area contributed by atoms with Crippen LogP contribution in [-0.4, -0.2) is 66.8 Å². The van der Waals surface area contributed by atoms with Crippen molar-refractivity contribution < 1.29 is 9.53 Å². The number of H-pyrrole nitrogens is 1. The lowest BCUT2D eigenvalue weighted by Gasteiger charge is -2.36. The zero-order valence-corrected chi connectivity index (χ0v) is 18.3. The van der Waals surface area contributed by atoms with Gasteiger partial charge in [0.15, 0.2) is 0 Å². The van der Waals surface area contributed by atoms with E-state index in [0.717, 1.165) is 81.1 Å². The third-order valence-corrected chi connectivity index (χ3v) is 6.50. The maximum absolute atomic E-state index is 12.1. The molecule has 0 bridgehead atoms. The number of nitrogens with one attached hydrogen (secondary N) is 1. The van der Waals surface area contributed by atoms with Crippen molar-refractivity contribution in [2.45, 2.75) is 19.3 Å². The Kier molecular flexibility index (Phi) is 5.85. The van der Waals surface area contributed by atoms with Crippen LogP contribution in [0.5, 0.6) is 5.75 Å². The van der Waals surface area contributed by atoms with Crippen molar-refractivity contribution in [3.8, 4) is 5.75 Å². The highest BCUT2D eigenvalue weighted by atomic mass is 16.5. The number of urea groups is 1. The van der Waals surface area contributed by atoms with Gasteiger partial charge in [0.05, 0.1) is 18.0 Å². The van der Waals surface area contributed by atoms with E-state index in [4.69, 9.17) is 10.5 Å². The number of aromatic amines is 1. The lowest BCUT2D eigenvalue weighted by molar-refractivity contribution is 0.248. The Bertz CT molecular complexity index is 1090. The molecular formula is C24H30N6O2. The Labute approximate surface area is 187 Å². The number of nitrogens with two attached hydrogens (primary N) is 1. The van der Waals surface area contributed by atoms with E-state index in [9.17, 15) is 4.79 Å². The number of carbonyl (C=O) groups excluding carboxylic acids is 1. The number of unbranched alkanes of at least 4 members (excludes halogenated alkanes) is 1. The Morgan fingerprint density at radius 2 is 2.03 bits per heavy atom. The number of hydrogen-bond donors (Lipinski definition) is 2. The van der Waals surface area contributed by atoms with E-state index < -0.39 is 6.03 Å². The zero-order chi connectivity index (χ0) is 21.9. The van der Waals surface area contributed by atoms with Crippen molar-refractivity contribution in [2.24, 2.45) is 5.73 Å². The Morgan fingerprint density at radius 1 is 1.16 bits per heavy atom. The maximum Gasteiger partial charge on any atom is 0.319 e. The molecule has 8 heteroatoms. The van der Waals surface area contributed by atoms with Crippen molar-refractivity contribution in [1.29, 1.82) is 0 Å². The zero-order valence-electron chi connectivity index (χ0n) is 18.3. The number of benzene rings is 1. The van der Waals surface area contributed by atoms with Crippen LogP contribution >= 0.6 is 0 Å². The first-order chi connectivity index (χ1) is 15.7. The van der Waals surface area contributed by atoms with Crippen molar-refractivity contribution >= 4 is 28.4 Å². The van der Waals surface area contributed by atoms with E-state index in [1.54, 1.807) is 11.1 Å². The molecule has 1 saturated heterocycles. The van der Waals surface area contributed by atoms with Crippen molar-refractivity contribution in [3.05, 3.63) is 48.3 Å². The number of pyridine rings is 1. The predicted octanol–water partition coefficient (Wildman–Crippen LogP) is 2.99. The van der Waals surface area contributed by atoms with Crippen LogP contribution in [0.3, 0.4) is 0 Å². The molecule has 0 aliphatic carbocycles. The Morgan fingerprint density at radius 3 is 2.88 bits per heavy atom. The van der Waals surface area contributed by atoms with Gasteiger partial charge in [-0.2, -0.15) is 0 Å². The SMILES string of the molecule is NC(=O)N(CCCCN1CCN(c2cccc3c2OCC3)CC1)c1c[nH]c2ncccc12. The lowest BCUT2D eigenvalue weighted by Crippen LogP contribution is -2.46. The van der Waals surface area contributed by atoms with E-state index in [0.29, 0.717) is 6.54 Å². The summed E-state index contributed by atoms with van der Waals surface area (Å²) in [6, 6.07) is 9.89. The minimum Gasteiger partial charge on any atom is -0.491 e. The van der Waals surface area contributed by atoms with Gasteiger partial charge in [0.25, 0.3) is 0 Å². The van der Waals surface area contributed by atoms with E-state index in [2.05, 4.69) is 38.0 Å². The van der Waals surface area contributed by atoms with Gasteiger partial charge in [0, 0.05) is 56.9 Å². The van der Waals surface area contributed by atoms with E-state index in [1.807, 2.05) is 18.3 Å². The van der Waals surface area contributed by atoms with Gasteiger partial charge in [0.2, 0.25) is 0 Å². The molecule has 8 nitrogen and oxygen atoms in total. The Hall–Kier alpha value is -3.26. The molecule has 2 aromatic heterocycles. The molecule has 0 radical (unpaired) electrons.